The lowest BCUT2D eigenvalue weighted by Gasteiger charge is -2.06. The standard InChI is InChI=1S/C11H9F3N2O/c1-6(17)7-4-3-5-8-9(7)15-16(2)10(8)11(12,13)14/h3-5H,1-2H3. The van der Waals surface area contributed by atoms with E-state index in [0.717, 1.165) is 4.68 Å². The average Bonchev–Trinajstić information content (AvgIpc) is 2.51. The van der Waals surface area contributed by atoms with Gasteiger partial charge in [0, 0.05) is 18.0 Å². The maximum absolute atomic E-state index is 12.8. The molecule has 0 aliphatic carbocycles. The van der Waals surface area contributed by atoms with Gasteiger partial charge < -0.3 is 0 Å². The Bertz CT molecular complexity index is 599. The summed E-state index contributed by atoms with van der Waals surface area (Å²) in [6.07, 6.45) is -4.49. The van der Waals surface area contributed by atoms with E-state index in [9.17, 15) is 18.0 Å². The number of carbonyl (C=O) groups is 1. The molecule has 90 valence electrons. The van der Waals surface area contributed by atoms with Crippen molar-refractivity contribution in [2.24, 2.45) is 7.05 Å². The highest BCUT2D eigenvalue weighted by atomic mass is 19.4. The van der Waals surface area contributed by atoms with E-state index in [0.29, 0.717) is 0 Å². The molecule has 0 N–H and O–H groups in total. The van der Waals surface area contributed by atoms with Crippen LogP contribution in [0.2, 0.25) is 0 Å². The van der Waals surface area contributed by atoms with E-state index in [2.05, 4.69) is 5.10 Å². The van der Waals surface area contributed by atoms with Crippen molar-refractivity contribution in [1.82, 2.24) is 9.78 Å². The molecule has 0 saturated carbocycles. The van der Waals surface area contributed by atoms with Crippen LogP contribution in [-0.4, -0.2) is 15.6 Å². The third-order valence-electron chi connectivity index (χ3n) is 2.51. The number of Topliss-reactive ketones (excluding diaryl/α,β-unsaturated/α-hetero) is 1. The maximum atomic E-state index is 12.8. The molecule has 0 aliphatic heterocycles. The SMILES string of the molecule is CC(=O)c1cccc2c(C(F)(F)F)n(C)nc12. The van der Waals surface area contributed by atoms with Crippen LogP contribution >= 0.6 is 0 Å². The highest BCUT2D eigenvalue weighted by Gasteiger charge is 2.37. The van der Waals surface area contributed by atoms with Crippen LogP contribution in [0.5, 0.6) is 0 Å². The van der Waals surface area contributed by atoms with Crippen LogP contribution in [0, 0.1) is 0 Å². The van der Waals surface area contributed by atoms with Gasteiger partial charge in [0.05, 0.1) is 0 Å². The molecular weight excluding hydrogens is 233 g/mol. The van der Waals surface area contributed by atoms with Crippen molar-refractivity contribution in [2.75, 3.05) is 0 Å². The second-order valence-corrected chi connectivity index (χ2v) is 3.73. The zero-order chi connectivity index (χ0) is 12.8. The van der Waals surface area contributed by atoms with Crippen molar-refractivity contribution in [2.45, 2.75) is 13.1 Å². The molecule has 17 heavy (non-hydrogen) atoms. The first-order valence-electron chi connectivity index (χ1n) is 4.86. The fourth-order valence-electron chi connectivity index (χ4n) is 1.84. The molecule has 2 rings (SSSR count). The molecule has 0 aliphatic rings. The van der Waals surface area contributed by atoms with Gasteiger partial charge in [-0.15, -0.1) is 0 Å². The second kappa shape index (κ2) is 3.58. The second-order valence-electron chi connectivity index (χ2n) is 3.73. The molecule has 0 atom stereocenters. The summed E-state index contributed by atoms with van der Waals surface area (Å²) in [5.41, 5.74) is -0.543. The van der Waals surface area contributed by atoms with E-state index in [1.807, 2.05) is 0 Å². The molecule has 1 aromatic carbocycles. The van der Waals surface area contributed by atoms with Crippen molar-refractivity contribution in [3.63, 3.8) is 0 Å². The van der Waals surface area contributed by atoms with Gasteiger partial charge in [0.15, 0.2) is 5.78 Å². The van der Waals surface area contributed by atoms with Gasteiger partial charge in [0.2, 0.25) is 0 Å². The predicted octanol–water partition coefficient (Wildman–Crippen LogP) is 2.79. The first-order chi connectivity index (χ1) is 7.82. The number of nitrogens with zero attached hydrogens (tertiary/aromatic N) is 2. The number of hydrogen-bond acceptors (Lipinski definition) is 2. The van der Waals surface area contributed by atoms with Gasteiger partial charge in [-0.2, -0.15) is 18.3 Å². The Morgan fingerprint density at radius 2 is 2.00 bits per heavy atom. The Morgan fingerprint density at radius 3 is 2.53 bits per heavy atom. The highest BCUT2D eigenvalue weighted by Crippen LogP contribution is 2.35. The van der Waals surface area contributed by atoms with Crippen molar-refractivity contribution in [1.29, 1.82) is 0 Å². The van der Waals surface area contributed by atoms with E-state index in [1.165, 1.54) is 32.2 Å². The molecule has 2 aromatic rings. The Kier molecular flexibility index (Phi) is 2.45. The zero-order valence-corrected chi connectivity index (χ0v) is 9.17. The molecule has 1 aromatic heterocycles. The van der Waals surface area contributed by atoms with E-state index in [-0.39, 0.29) is 22.2 Å². The van der Waals surface area contributed by atoms with Crippen molar-refractivity contribution in [3.05, 3.63) is 29.5 Å². The number of hydrogen-bond donors (Lipinski definition) is 0. The molecule has 1 heterocycles. The summed E-state index contributed by atoms with van der Waals surface area (Å²) in [5, 5.41) is 3.73. The van der Waals surface area contributed by atoms with Crippen LogP contribution in [0.4, 0.5) is 13.2 Å². The summed E-state index contributed by atoms with van der Waals surface area (Å²) in [4.78, 5) is 11.3. The number of rotatable bonds is 1. The summed E-state index contributed by atoms with van der Waals surface area (Å²) in [6.45, 7) is 1.30. The minimum atomic E-state index is -4.49. The minimum absolute atomic E-state index is 0.0484. The lowest BCUT2D eigenvalue weighted by atomic mass is 10.1. The Morgan fingerprint density at radius 1 is 1.35 bits per heavy atom. The van der Waals surface area contributed by atoms with Crippen LogP contribution in [0.15, 0.2) is 18.2 Å². The Hall–Kier alpha value is -1.85. The van der Waals surface area contributed by atoms with Gasteiger partial charge in [-0.05, 0) is 13.0 Å². The normalized spacial score (nSPS) is 12.1. The van der Waals surface area contributed by atoms with E-state index in [1.54, 1.807) is 0 Å². The van der Waals surface area contributed by atoms with Gasteiger partial charge >= 0.3 is 6.18 Å². The number of aryl methyl sites for hydroxylation is 1. The van der Waals surface area contributed by atoms with Crippen molar-refractivity contribution < 1.29 is 18.0 Å². The van der Waals surface area contributed by atoms with E-state index >= 15 is 0 Å². The van der Waals surface area contributed by atoms with Crippen LogP contribution in [0.3, 0.4) is 0 Å². The predicted molar refractivity (Wildman–Crippen MR) is 55.7 cm³/mol. The number of ketones is 1. The lowest BCUT2D eigenvalue weighted by Crippen LogP contribution is -2.11. The molecule has 0 amide bonds. The topological polar surface area (TPSA) is 34.9 Å². The zero-order valence-electron chi connectivity index (χ0n) is 9.17. The number of benzene rings is 1. The third kappa shape index (κ3) is 1.79. The Balaban J connectivity index is 2.86. The molecule has 0 saturated heterocycles. The van der Waals surface area contributed by atoms with Crippen LogP contribution < -0.4 is 0 Å². The van der Waals surface area contributed by atoms with Gasteiger partial charge in [-0.25, -0.2) is 0 Å². The van der Waals surface area contributed by atoms with Crippen LogP contribution in [0.1, 0.15) is 23.0 Å². The van der Waals surface area contributed by atoms with Crippen molar-refractivity contribution >= 4 is 16.7 Å². The molecule has 3 nitrogen and oxygen atoms in total. The monoisotopic (exact) mass is 242 g/mol. The molecule has 0 spiro atoms. The minimum Gasteiger partial charge on any atom is -0.294 e. The van der Waals surface area contributed by atoms with E-state index < -0.39 is 11.9 Å². The number of aromatic nitrogens is 2. The third-order valence-corrected chi connectivity index (χ3v) is 2.51. The quantitative estimate of drug-likeness (QED) is 0.721. The van der Waals surface area contributed by atoms with Gasteiger partial charge in [-0.3, -0.25) is 9.48 Å². The fourth-order valence-corrected chi connectivity index (χ4v) is 1.84. The average molecular weight is 242 g/mol. The van der Waals surface area contributed by atoms with Gasteiger partial charge in [0.25, 0.3) is 0 Å². The molecule has 0 bridgehead atoms. The maximum Gasteiger partial charge on any atom is 0.433 e. The number of alkyl halides is 3. The van der Waals surface area contributed by atoms with Gasteiger partial charge in [-0.1, -0.05) is 12.1 Å². The fraction of sp³-hybridized carbons (Fsp3) is 0.273. The van der Waals surface area contributed by atoms with Gasteiger partial charge in [0.1, 0.15) is 11.2 Å². The molecular formula is C11H9F3N2O. The largest absolute Gasteiger partial charge is 0.433 e. The number of halogens is 3. The number of carbonyl (C=O) groups excluding carboxylic acids is 1. The van der Waals surface area contributed by atoms with Crippen LogP contribution in [0.25, 0.3) is 10.9 Å². The first kappa shape index (κ1) is 11.6. The summed E-state index contributed by atoms with van der Waals surface area (Å²) in [5.74, 6) is -0.303. The first-order valence-corrected chi connectivity index (χ1v) is 4.86. The summed E-state index contributed by atoms with van der Waals surface area (Å²) < 4.78 is 39.2. The highest BCUT2D eigenvalue weighted by molar-refractivity contribution is 6.06. The molecule has 0 fully saturated rings. The van der Waals surface area contributed by atoms with Crippen molar-refractivity contribution in [3.8, 4) is 0 Å². The van der Waals surface area contributed by atoms with Crippen LogP contribution in [-0.2, 0) is 13.2 Å². The Labute approximate surface area is 94.8 Å². The van der Waals surface area contributed by atoms with E-state index in [4.69, 9.17) is 0 Å². The lowest BCUT2D eigenvalue weighted by molar-refractivity contribution is -0.142. The summed E-state index contributed by atoms with van der Waals surface area (Å²) >= 11 is 0. The molecule has 0 radical (unpaired) electrons. The molecule has 0 unspecified atom stereocenters. The summed E-state index contributed by atoms with van der Waals surface area (Å²) in [7, 11) is 1.22. The molecule has 6 heteroatoms. The smallest absolute Gasteiger partial charge is 0.294 e. The number of fused-ring (bicyclic) bond motifs is 1. The summed E-state index contributed by atoms with van der Waals surface area (Å²) in [6, 6.07) is 4.21.